The van der Waals surface area contributed by atoms with Crippen LogP contribution in [0.1, 0.15) is 28.8 Å². The zero-order valence-corrected chi connectivity index (χ0v) is 18.7. The molecule has 1 atom stereocenters. The Labute approximate surface area is 182 Å². The van der Waals surface area contributed by atoms with Gasteiger partial charge in [0.25, 0.3) is 5.91 Å². The second kappa shape index (κ2) is 12.2. The number of aliphatic imine (C=N–C) groups is 1. The molecule has 1 heterocycles. The van der Waals surface area contributed by atoms with Gasteiger partial charge in [-0.05, 0) is 37.5 Å². The number of guanidine groups is 1. The summed E-state index contributed by atoms with van der Waals surface area (Å²) in [7, 11) is 1.67. The first-order valence-electron chi connectivity index (χ1n) is 9.17. The molecule has 7 nitrogen and oxygen atoms in total. The molecular formula is C19H30FIN4O3. The lowest BCUT2D eigenvalue weighted by molar-refractivity contribution is 0.0954. The third-order valence-electron chi connectivity index (χ3n) is 4.82. The number of halogens is 2. The lowest BCUT2D eigenvalue weighted by Crippen LogP contribution is -2.46. The van der Waals surface area contributed by atoms with Crippen molar-refractivity contribution in [3.05, 3.63) is 35.1 Å². The van der Waals surface area contributed by atoms with E-state index in [0.29, 0.717) is 56.4 Å². The van der Waals surface area contributed by atoms with Crippen LogP contribution in [0.25, 0.3) is 0 Å². The summed E-state index contributed by atoms with van der Waals surface area (Å²) in [6.45, 7) is 4.62. The number of ether oxygens (including phenoxy) is 1. The second-order valence-electron chi connectivity index (χ2n) is 6.85. The molecule has 0 saturated carbocycles. The fourth-order valence-electron chi connectivity index (χ4n) is 3.00. The van der Waals surface area contributed by atoms with Gasteiger partial charge < -0.3 is 25.8 Å². The van der Waals surface area contributed by atoms with Crippen LogP contribution in [0.2, 0.25) is 0 Å². The van der Waals surface area contributed by atoms with Crippen molar-refractivity contribution in [1.29, 1.82) is 0 Å². The summed E-state index contributed by atoms with van der Waals surface area (Å²) in [6.07, 6.45) is 1.58. The van der Waals surface area contributed by atoms with Crippen LogP contribution in [0.3, 0.4) is 0 Å². The molecule has 1 aliphatic rings. The van der Waals surface area contributed by atoms with E-state index in [2.05, 4.69) is 20.9 Å². The lowest BCUT2D eigenvalue weighted by Gasteiger charge is -2.27. The molecule has 1 fully saturated rings. The van der Waals surface area contributed by atoms with Crippen LogP contribution >= 0.6 is 24.0 Å². The summed E-state index contributed by atoms with van der Waals surface area (Å²) in [5.41, 5.74) is 0.735. The number of aliphatic hydroxyl groups excluding tert-OH is 1. The summed E-state index contributed by atoms with van der Waals surface area (Å²) >= 11 is 0. The van der Waals surface area contributed by atoms with E-state index < -0.39 is 5.82 Å². The molecule has 1 unspecified atom stereocenters. The molecule has 9 heteroatoms. The van der Waals surface area contributed by atoms with Crippen LogP contribution in [-0.2, 0) is 4.74 Å². The van der Waals surface area contributed by atoms with Gasteiger partial charge in [-0.2, -0.15) is 0 Å². The fraction of sp³-hybridized carbons (Fsp3) is 0.579. The molecule has 0 aliphatic carbocycles. The van der Waals surface area contributed by atoms with E-state index >= 15 is 0 Å². The topological polar surface area (TPSA) is 95.0 Å². The van der Waals surface area contributed by atoms with Crippen molar-refractivity contribution in [3.63, 3.8) is 0 Å². The number of hydrogen-bond donors (Lipinski definition) is 4. The second-order valence-corrected chi connectivity index (χ2v) is 6.85. The highest BCUT2D eigenvalue weighted by Gasteiger charge is 2.34. The van der Waals surface area contributed by atoms with Crippen LogP contribution in [0.4, 0.5) is 4.39 Å². The highest BCUT2D eigenvalue weighted by Crippen LogP contribution is 2.31. The minimum Gasteiger partial charge on any atom is -0.396 e. The van der Waals surface area contributed by atoms with Crippen LogP contribution in [0.15, 0.2) is 23.2 Å². The number of nitrogens with one attached hydrogen (secondary N) is 3. The fourth-order valence-corrected chi connectivity index (χ4v) is 3.00. The molecule has 158 valence electrons. The summed E-state index contributed by atoms with van der Waals surface area (Å²) in [4.78, 5) is 16.2. The van der Waals surface area contributed by atoms with Crippen molar-refractivity contribution in [1.82, 2.24) is 16.0 Å². The van der Waals surface area contributed by atoms with Gasteiger partial charge in [0, 0.05) is 50.9 Å². The molecule has 1 aromatic carbocycles. The van der Waals surface area contributed by atoms with Crippen molar-refractivity contribution in [3.8, 4) is 0 Å². The van der Waals surface area contributed by atoms with E-state index in [9.17, 15) is 14.3 Å². The number of aryl methyl sites for hydroxylation is 1. The maximum absolute atomic E-state index is 13.5. The smallest absolute Gasteiger partial charge is 0.251 e. The Bertz CT molecular complexity index is 667. The number of nitrogens with zero attached hydrogens (tertiary/aromatic N) is 1. The largest absolute Gasteiger partial charge is 0.396 e. The Morgan fingerprint density at radius 1 is 1.32 bits per heavy atom. The van der Waals surface area contributed by atoms with E-state index in [-0.39, 0.29) is 41.9 Å². The van der Waals surface area contributed by atoms with Crippen molar-refractivity contribution in [2.24, 2.45) is 10.4 Å². The number of carbonyl (C=O) groups is 1. The number of benzene rings is 1. The molecule has 0 aromatic heterocycles. The molecule has 0 spiro atoms. The molecule has 1 amide bonds. The Morgan fingerprint density at radius 3 is 2.68 bits per heavy atom. The molecule has 2 rings (SSSR count). The first-order valence-corrected chi connectivity index (χ1v) is 9.17. The van der Waals surface area contributed by atoms with Crippen LogP contribution in [0, 0.1) is 18.2 Å². The molecule has 1 aliphatic heterocycles. The average molecular weight is 508 g/mol. The first-order chi connectivity index (χ1) is 13.0. The Morgan fingerprint density at radius 2 is 2.07 bits per heavy atom. The Balaban J connectivity index is 0.00000392. The summed E-state index contributed by atoms with van der Waals surface area (Å²) < 4.78 is 19.0. The molecular weight excluding hydrogens is 478 g/mol. The molecule has 1 aromatic rings. The molecule has 4 N–H and O–H groups in total. The zero-order valence-electron chi connectivity index (χ0n) is 16.4. The minimum atomic E-state index is -0.391. The highest BCUT2D eigenvalue weighted by molar-refractivity contribution is 14.0. The van der Waals surface area contributed by atoms with Crippen LogP contribution in [-0.4, -0.2) is 63.5 Å². The molecule has 1 saturated heterocycles. The number of amides is 1. The van der Waals surface area contributed by atoms with Gasteiger partial charge in [0.1, 0.15) is 5.82 Å². The van der Waals surface area contributed by atoms with E-state index in [1.54, 1.807) is 26.1 Å². The third kappa shape index (κ3) is 7.17. The number of aliphatic hydroxyl groups is 1. The molecule has 0 bridgehead atoms. The van der Waals surface area contributed by atoms with Gasteiger partial charge in [0.05, 0.1) is 6.61 Å². The Hall–Kier alpha value is -1.46. The van der Waals surface area contributed by atoms with Gasteiger partial charge in [-0.15, -0.1) is 24.0 Å². The maximum atomic E-state index is 13.5. The average Bonchev–Trinajstić information content (AvgIpc) is 3.12. The van der Waals surface area contributed by atoms with Gasteiger partial charge in [-0.3, -0.25) is 9.79 Å². The normalized spacial score (nSPS) is 19.1. The third-order valence-corrected chi connectivity index (χ3v) is 4.82. The van der Waals surface area contributed by atoms with Crippen molar-refractivity contribution < 1.29 is 19.0 Å². The number of hydrogen-bond acceptors (Lipinski definition) is 4. The summed E-state index contributed by atoms with van der Waals surface area (Å²) in [6, 6.07) is 4.43. The zero-order chi connectivity index (χ0) is 19.7. The monoisotopic (exact) mass is 508 g/mol. The van der Waals surface area contributed by atoms with Gasteiger partial charge >= 0.3 is 0 Å². The van der Waals surface area contributed by atoms with Gasteiger partial charge in [0.15, 0.2) is 5.96 Å². The van der Waals surface area contributed by atoms with Gasteiger partial charge in [-0.1, -0.05) is 6.07 Å². The Kier molecular flexibility index (Phi) is 10.7. The highest BCUT2D eigenvalue weighted by atomic mass is 127. The van der Waals surface area contributed by atoms with Gasteiger partial charge in [0.2, 0.25) is 0 Å². The molecule has 28 heavy (non-hydrogen) atoms. The molecule has 0 radical (unpaired) electrons. The predicted octanol–water partition coefficient (Wildman–Crippen LogP) is 1.44. The van der Waals surface area contributed by atoms with Crippen molar-refractivity contribution >= 4 is 35.8 Å². The van der Waals surface area contributed by atoms with E-state index in [1.807, 2.05) is 0 Å². The van der Waals surface area contributed by atoms with E-state index in [1.165, 1.54) is 6.07 Å². The predicted molar refractivity (Wildman–Crippen MR) is 118 cm³/mol. The van der Waals surface area contributed by atoms with E-state index in [0.717, 1.165) is 6.42 Å². The SMILES string of the molecule is CN=C(NCCNC(=O)c1ccc(C)c(F)c1)NCC1(CCO)CCOC1.I. The van der Waals surface area contributed by atoms with Crippen LogP contribution in [0.5, 0.6) is 0 Å². The van der Waals surface area contributed by atoms with Crippen molar-refractivity contribution in [2.45, 2.75) is 19.8 Å². The lowest BCUT2D eigenvalue weighted by atomic mass is 9.84. The maximum Gasteiger partial charge on any atom is 0.251 e. The van der Waals surface area contributed by atoms with Crippen molar-refractivity contribution in [2.75, 3.05) is 46.5 Å². The van der Waals surface area contributed by atoms with Crippen LogP contribution < -0.4 is 16.0 Å². The number of rotatable bonds is 8. The van der Waals surface area contributed by atoms with Gasteiger partial charge in [-0.25, -0.2) is 4.39 Å². The summed E-state index contributed by atoms with van der Waals surface area (Å²) in [5, 5.41) is 18.4. The standard InChI is InChI=1S/C19H29FN4O3.HI/c1-14-3-4-15(11-16(14)20)17(26)22-7-8-23-18(21-2)24-12-19(5-9-25)6-10-27-13-19;/h3-4,11,25H,5-10,12-13H2,1-2H3,(H,22,26)(H2,21,23,24);1H. The van der Waals surface area contributed by atoms with E-state index in [4.69, 9.17) is 4.74 Å². The quantitative estimate of drug-likeness (QED) is 0.185. The summed E-state index contributed by atoms with van der Waals surface area (Å²) in [5.74, 6) is -0.0865. The minimum absolute atomic E-state index is 0. The number of carbonyl (C=O) groups excluding carboxylic acids is 1. The first kappa shape index (κ1) is 24.6.